The Hall–Kier alpha value is -1.68. The molecule has 0 saturated carbocycles. The predicted molar refractivity (Wildman–Crippen MR) is 67.4 cm³/mol. The number of hydrogen-bond donors (Lipinski definition) is 1. The highest BCUT2D eigenvalue weighted by Crippen LogP contribution is 2.13. The summed E-state index contributed by atoms with van der Waals surface area (Å²) in [5, 5.41) is 11.4. The van der Waals surface area contributed by atoms with Crippen molar-refractivity contribution in [1.82, 2.24) is 20.3 Å². The maximum absolute atomic E-state index is 4.05. The minimum atomic E-state index is 0.317. The summed E-state index contributed by atoms with van der Waals surface area (Å²) in [4.78, 5) is 0. The fourth-order valence-corrected chi connectivity index (χ4v) is 1.71. The third-order valence-electron chi connectivity index (χ3n) is 2.82. The molecule has 2 rings (SSSR count). The molecule has 0 fully saturated rings. The van der Waals surface area contributed by atoms with Gasteiger partial charge in [-0.2, -0.15) is 0 Å². The van der Waals surface area contributed by atoms with Gasteiger partial charge in [0.15, 0.2) is 0 Å². The molecule has 1 heterocycles. The van der Waals surface area contributed by atoms with Gasteiger partial charge in [0.05, 0.1) is 5.69 Å². The lowest BCUT2D eigenvalue weighted by Crippen LogP contribution is -2.18. The molecular weight excluding hydrogens is 212 g/mol. The van der Waals surface area contributed by atoms with Crippen LogP contribution in [0.5, 0.6) is 0 Å². The quantitative estimate of drug-likeness (QED) is 0.873. The average molecular weight is 230 g/mol. The molecular formula is C13H18N4. The summed E-state index contributed by atoms with van der Waals surface area (Å²) in [6.45, 7) is 4.99. The number of aryl methyl sites for hydroxylation is 2. The van der Waals surface area contributed by atoms with Crippen LogP contribution in [0.4, 0.5) is 0 Å². The zero-order chi connectivity index (χ0) is 12.3. The molecule has 0 amide bonds. The van der Waals surface area contributed by atoms with E-state index < -0.39 is 0 Å². The van der Waals surface area contributed by atoms with Gasteiger partial charge in [-0.1, -0.05) is 35.0 Å². The van der Waals surface area contributed by atoms with Crippen molar-refractivity contribution < 1.29 is 0 Å². The first kappa shape index (κ1) is 11.8. The van der Waals surface area contributed by atoms with Crippen LogP contribution in [0.1, 0.15) is 29.8 Å². The fraction of sp³-hybridized carbons (Fsp3) is 0.385. The van der Waals surface area contributed by atoms with Crippen LogP contribution in [-0.2, 0) is 13.6 Å². The lowest BCUT2D eigenvalue weighted by atomic mass is 10.1. The molecule has 0 radical (unpaired) electrons. The van der Waals surface area contributed by atoms with Crippen LogP contribution < -0.4 is 5.32 Å². The lowest BCUT2D eigenvalue weighted by molar-refractivity contribution is 0.567. The van der Waals surface area contributed by atoms with Crippen LogP contribution in [0, 0.1) is 6.92 Å². The molecule has 1 N–H and O–H groups in total. The normalized spacial score (nSPS) is 12.6. The molecule has 0 aliphatic rings. The molecule has 2 aromatic rings. The van der Waals surface area contributed by atoms with Gasteiger partial charge in [-0.3, -0.25) is 4.68 Å². The van der Waals surface area contributed by atoms with E-state index in [9.17, 15) is 0 Å². The fourth-order valence-electron chi connectivity index (χ4n) is 1.71. The van der Waals surface area contributed by atoms with Gasteiger partial charge >= 0.3 is 0 Å². The maximum atomic E-state index is 4.05. The number of benzene rings is 1. The predicted octanol–water partition coefficient (Wildman–Crippen LogP) is 1.97. The van der Waals surface area contributed by atoms with E-state index in [1.54, 1.807) is 4.68 Å². The Morgan fingerprint density at radius 3 is 2.59 bits per heavy atom. The highest BCUT2D eigenvalue weighted by atomic mass is 15.4. The van der Waals surface area contributed by atoms with Gasteiger partial charge in [-0.25, -0.2) is 0 Å². The molecule has 1 aromatic carbocycles. The van der Waals surface area contributed by atoms with Crippen LogP contribution in [0.3, 0.4) is 0 Å². The molecule has 4 heteroatoms. The van der Waals surface area contributed by atoms with Gasteiger partial charge in [-0.15, -0.1) is 5.10 Å². The Labute approximate surface area is 102 Å². The molecule has 0 spiro atoms. The summed E-state index contributed by atoms with van der Waals surface area (Å²) in [5.74, 6) is 0. The highest BCUT2D eigenvalue weighted by Gasteiger charge is 2.05. The number of aromatic nitrogens is 3. The van der Waals surface area contributed by atoms with Crippen molar-refractivity contribution in [2.45, 2.75) is 26.4 Å². The number of rotatable bonds is 4. The van der Waals surface area contributed by atoms with E-state index in [1.807, 2.05) is 13.2 Å². The molecule has 1 aromatic heterocycles. The molecule has 4 nitrogen and oxygen atoms in total. The lowest BCUT2D eigenvalue weighted by Gasteiger charge is -2.13. The summed E-state index contributed by atoms with van der Waals surface area (Å²) in [7, 11) is 1.87. The first-order chi connectivity index (χ1) is 8.15. The minimum absolute atomic E-state index is 0.317. The Bertz CT molecular complexity index is 472. The van der Waals surface area contributed by atoms with Gasteiger partial charge in [0.1, 0.15) is 0 Å². The van der Waals surface area contributed by atoms with Crippen molar-refractivity contribution in [3.8, 4) is 0 Å². The Morgan fingerprint density at radius 1 is 1.29 bits per heavy atom. The van der Waals surface area contributed by atoms with E-state index in [2.05, 4.69) is 53.7 Å². The van der Waals surface area contributed by atoms with Crippen LogP contribution in [0.15, 0.2) is 30.5 Å². The average Bonchev–Trinajstić information content (AvgIpc) is 2.73. The number of nitrogens with one attached hydrogen (secondary N) is 1. The van der Waals surface area contributed by atoms with Gasteiger partial charge in [-0.05, 0) is 19.4 Å². The Kier molecular flexibility index (Phi) is 3.54. The van der Waals surface area contributed by atoms with Gasteiger partial charge in [0.2, 0.25) is 0 Å². The van der Waals surface area contributed by atoms with Crippen LogP contribution >= 0.6 is 0 Å². The second-order valence-electron chi connectivity index (χ2n) is 4.40. The SMILES string of the molecule is Cc1ccc([C@H](C)NCc2cn(C)nn2)cc1. The summed E-state index contributed by atoms with van der Waals surface area (Å²) < 4.78 is 1.72. The third-order valence-corrected chi connectivity index (χ3v) is 2.82. The maximum Gasteiger partial charge on any atom is 0.0964 e. The Balaban J connectivity index is 1.93. The number of nitrogens with zero attached hydrogens (tertiary/aromatic N) is 3. The summed E-state index contributed by atoms with van der Waals surface area (Å²) >= 11 is 0. The molecule has 90 valence electrons. The molecule has 0 aliphatic heterocycles. The minimum Gasteiger partial charge on any atom is -0.304 e. The van der Waals surface area contributed by atoms with Crippen molar-refractivity contribution in [2.24, 2.45) is 7.05 Å². The summed E-state index contributed by atoms with van der Waals surface area (Å²) in [6.07, 6.45) is 1.93. The molecule has 0 saturated heterocycles. The van der Waals surface area contributed by atoms with Gasteiger partial charge < -0.3 is 5.32 Å². The van der Waals surface area contributed by atoms with E-state index in [4.69, 9.17) is 0 Å². The molecule has 17 heavy (non-hydrogen) atoms. The van der Waals surface area contributed by atoms with Crippen molar-refractivity contribution >= 4 is 0 Å². The van der Waals surface area contributed by atoms with E-state index in [1.165, 1.54) is 11.1 Å². The summed E-state index contributed by atoms with van der Waals surface area (Å²) in [5.41, 5.74) is 3.54. The number of hydrogen-bond acceptors (Lipinski definition) is 3. The van der Waals surface area contributed by atoms with Crippen molar-refractivity contribution in [1.29, 1.82) is 0 Å². The second-order valence-corrected chi connectivity index (χ2v) is 4.40. The van der Waals surface area contributed by atoms with E-state index in [0.29, 0.717) is 6.04 Å². The third kappa shape index (κ3) is 3.14. The van der Waals surface area contributed by atoms with E-state index >= 15 is 0 Å². The van der Waals surface area contributed by atoms with Crippen LogP contribution in [0.25, 0.3) is 0 Å². The van der Waals surface area contributed by atoms with Gasteiger partial charge in [0, 0.05) is 25.8 Å². The van der Waals surface area contributed by atoms with Crippen LogP contribution in [0.2, 0.25) is 0 Å². The Morgan fingerprint density at radius 2 is 2.00 bits per heavy atom. The standard InChI is InChI=1S/C13H18N4/c1-10-4-6-12(7-5-10)11(2)14-8-13-9-17(3)16-15-13/h4-7,9,11,14H,8H2,1-3H3/t11-/m0/s1. The monoisotopic (exact) mass is 230 g/mol. The zero-order valence-electron chi connectivity index (χ0n) is 10.5. The zero-order valence-corrected chi connectivity index (χ0v) is 10.5. The summed E-state index contributed by atoms with van der Waals surface area (Å²) in [6, 6.07) is 8.90. The first-order valence-corrected chi connectivity index (χ1v) is 5.80. The molecule has 1 atom stereocenters. The second kappa shape index (κ2) is 5.10. The first-order valence-electron chi connectivity index (χ1n) is 5.80. The largest absolute Gasteiger partial charge is 0.304 e. The van der Waals surface area contributed by atoms with Crippen molar-refractivity contribution in [3.05, 3.63) is 47.3 Å². The smallest absolute Gasteiger partial charge is 0.0964 e. The van der Waals surface area contributed by atoms with Crippen LogP contribution in [-0.4, -0.2) is 15.0 Å². The van der Waals surface area contributed by atoms with Gasteiger partial charge in [0.25, 0.3) is 0 Å². The van der Waals surface area contributed by atoms with E-state index in [0.717, 1.165) is 12.2 Å². The van der Waals surface area contributed by atoms with Crippen molar-refractivity contribution in [3.63, 3.8) is 0 Å². The molecule has 0 aliphatic carbocycles. The molecule has 0 unspecified atom stereocenters. The molecule has 0 bridgehead atoms. The van der Waals surface area contributed by atoms with E-state index in [-0.39, 0.29) is 0 Å². The highest BCUT2D eigenvalue weighted by molar-refractivity contribution is 5.23. The van der Waals surface area contributed by atoms with Crippen molar-refractivity contribution in [2.75, 3.05) is 0 Å². The topological polar surface area (TPSA) is 42.7 Å².